The van der Waals surface area contributed by atoms with E-state index in [4.69, 9.17) is 0 Å². The highest BCUT2D eigenvalue weighted by molar-refractivity contribution is 6.09. The van der Waals surface area contributed by atoms with Crippen molar-refractivity contribution in [1.29, 1.82) is 0 Å². The van der Waals surface area contributed by atoms with Crippen molar-refractivity contribution in [3.05, 3.63) is 71.8 Å². The molecule has 0 radical (unpaired) electrons. The highest BCUT2D eigenvalue weighted by Gasteiger charge is 2.49. The van der Waals surface area contributed by atoms with Crippen LogP contribution in [-0.2, 0) is 15.2 Å². The van der Waals surface area contributed by atoms with Crippen LogP contribution in [-0.4, -0.2) is 23.5 Å². The molecule has 1 aliphatic heterocycles. The summed E-state index contributed by atoms with van der Waals surface area (Å²) in [6.07, 6.45) is 1.63. The number of hydrogen-bond donors (Lipinski definition) is 2. The van der Waals surface area contributed by atoms with Crippen molar-refractivity contribution in [3.8, 4) is 0 Å². The molecule has 2 amide bonds. The largest absolute Gasteiger partial charge is 0.375 e. The maximum Gasteiger partial charge on any atom is 0.264 e. The third-order valence-electron chi connectivity index (χ3n) is 5.07. The van der Waals surface area contributed by atoms with Gasteiger partial charge in [0.05, 0.1) is 5.69 Å². The Bertz CT molecular complexity index is 904. The number of amides is 2. The predicted molar refractivity (Wildman–Crippen MR) is 111 cm³/mol. The molecule has 2 N–H and O–H groups in total. The van der Waals surface area contributed by atoms with Crippen LogP contribution < -0.4 is 10.2 Å². The fraction of sp³-hybridized carbons (Fsp3) is 0.304. The Hall–Kier alpha value is -2.92. The van der Waals surface area contributed by atoms with Crippen LogP contribution in [0.3, 0.4) is 0 Å². The van der Waals surface area contributed by atoms with Crippen LogP contribution in [0.15, 0.2) is 60.7 Å². The van der Waals surface area contributed by atoms with Gasteiger partial charge in [-0.2, -0.15) is 0 Å². The number of aryl methyl sites for hydroxylation is 1. The molecule has 1 atom stereocenters. The zero-order valence-corrected chi connectivity index (χ0v) is 16.4. The molecule has 2 aromatic rings. The van der Waals surface area contributed by atoms with Gasteiger partial charge in [-0.1, -0.05) is 55.8 Å². The summed E-state index contributed by atoms with van der Waals surface area (Å²) in [6, 6.07) is 14.6. The van der Waals surface area contributed by atoms with E-state index in [0.29, 0.717) is 23.5 Å². The minimum absolute atomic E-state index is 0.150. The molecular weight excluding hydrogens is 352 g/mol. The first kappa shape index (κ1) is 19.8. The van der Waals surface area contributed by atoms with E-state index in [1.165, 1.54) is 0 Å². The molecule has 0 fully saturated rings. The van der Waals surface area contributed by atoms with Gasteiger partial charge >= 0.3 is 0 Å². The molecule has 0 aliphatic carbocycles. The number of aliphatic hydroxyl groups is 1. The van der Waals surface area contributed by atoms with Gasteiger partial charge in [-0.25, -0.2) is 0 Å². The third kappa shape index (κ3) is 3.71. The molecule has 0 saturated carbocycles. The van der Waals surface area contributed by atoms with Crippen LogP contribution >= 0.6 is 0 Å². The lowest BCUT2D eigenvalue weighted by Gasteiger charge is -2.24. The van der Waals surface area contributed by atoms with E-state index in [9.17, 15) is 14.7 Å². The van der Waals surface area contributed by atoms with Crippen molar-refractivity contribution < 1.29 is 14.7 Å². The number of para-hydroxylation sites is 1. The monoisotopic (exact) mass is 378 g/mol. The van der Waals surface area contributed by atoms with Crippen molar-refractivity contribution >= 4 is 23.2 Å². The average molecular weight is 378 g/mol. The van der Waals surface area contributed by atoms with Crippen LogP contribution in [0.1, 0.15) is 37.3 Å². The lowest BCUT2D eigenvalue weighted by molar-refractivity contribution is -0.136. The predicted octanol–water partition coefficient (Wildman–Crippen LogP) is 3.91. The number of unbranched alkanes of at least 4 members (excludes halogenated alkanes) is 1. The summed E-state index contributed by atoms with van der Waals surface area (Å²) in [5.74, 6) is -0.805. The molecule has 1 heterocycles. The number of nitrogens with zero attached hydrogens (tertiary/aromatic N) is 1. The van der Waals surface area contributed by atoms with Gasteiger partial charge in [0.15, 0.2) is 5.60 Å². The number of benzene rings is 2. The van der Waals surface area contributed by atoms with E-state index >= 15 is 0 Å². The molecule has 28 heavy (non-hydrogen) atoms. The zero-order chi connectivity index (χ0) is 20.3. The maximum atomic E-state index is 13.0. The summed E-state index contributed by atoms with van der Waals surface area (Å²) in [5.41, 5.74) is 1.35. The Labute approximate surface area is 165 Å². The smallest absolute Gasteiger partial charge is 0.264 e. The topological polar surface area (TPSA) is 69.6 Å². The molecule has 5 heteroatoms. The summed E-state index contributed by atoms with van der Waals surface area (Å²) < 4.78 is 0. The first-order valence-corrected chi connectivity index (χ1v) is 9.56. The Morgan fingerprint density at radius 1 is 1.18 bits per heavy atom. The summed E-state index contributed by atoms with van der Waals surface area (Å²) >= 11 is 0. The van der Waals surface area contributed by atoms with Crippen molar-refractivity contribution in [2.45, 2.75) is 38.7 Å². The number of carbonyl (C=O) groups is 2. The molecule has 0 spiro atoms. The number of anilines is 2. The number of fused-ring (bicyclic) bond motifs is 1. The second kappa shape index (κ2) is 7.98. The minimum Gasteiger partial charge on any atom is -0.375 e. The maximum absolute atomic E-state index is 13.0. The van der Waals surface area contributed by atoms with Crippen LogP contribution in [0, 0.1) is 6.92 Å². The summed E-state index contributed by atoms with van der Waals surface area (Å²) in [5, 5.41) is 14.0. The summed E-state index contributed by atoms with van der Waals surface area (Å²) in [6.45, 7) is 8.38. The lowest BCUT2D eigenvalue weighted by atomic mass is 9.88. The van der Waals surface area contributed by atoms with E-state index in [0.717, 1.165) is 18.4 Å². The second-order valence-corrected chi connectivity index (χ2v) is 7.29. The normalized spacial score (nSPS) is 18.1. The van der Waals surface area contributed by atoms with E-state index < -0.39 is 17.4 Å². The number of nitrogens with one attached hydrogen (secondary N) is 1. The lowest BCUT2D eigenvalue weighted by Crippen LogP contribution is -2.41. The van der Waals surface area contributed by atoms with Crippen LogP contribution in [0.2, 0.25) is 0 Å². The molecule has 0 bridgehead atoms. The molecule has 2 aromatic carbocycles. The van der Waals surface area contributed by atoms with Gasteiger partial charge in [0.1, 0.15) is 0 Å². The molecule has 5 nitrogen and oxygen atoms in total. The highest BCUT2D eigenvalue weighted by Crippen LogP contribution is 2.43. The van der Waals surface area contributed by atoms with E-state index in [1.807, 2.05) is 31.2 Å². The number of hydrogen-bond acceptors (Lipinski definition) is 3. The van der Waals surface area contributed by atoms with Crippen molar-refractivity contribution in [2.24, 2.45) is 0 Å². The molecule has 146 valence electrons. The van der Waals surface area contributed by atoms with Gasteiger partial charge in [0.2, 0.25) is 0 Å². The van der Waals surface area contributed by atoms with Gasteiger partial charge in [0, 0.05) is 29.8 Å². The van der Waals surface area contributed by atoms with Crippen LogP contribution in [0.5, 0.6) is 0 Å². The second-order valence-electron chi connectivity index (χ2n) is 7.29. The number of carbonyl (C=O) groups excluding carboxylic acids is 2. The quantitative estimate of drug-likeness (QED) is 0.718. The standard InChI is InChI=1S/C23H26N2O3/c1-4-5-14-25-20-9-7-6-8-19(20)23(28,22(25)27)15-17(3)21(26)24-18-12-10-16(2)11-13-18/h6-13,28H,3-5,14-15H2,1-2H3,(H,24,26)/t23-/m0/s1. The third-order valence-corrected chi connectivity index (χ3v) is 5.07. The zero-order valence-electron chi connectivity index (χ0n) is 16.4. The van der Waals surface area contributed by atoms with Gasteiger partial charge in [-0.15, -0.1) is 0 Å². The fourth-order valence-electron chi connectivity index (χ4n) is 3.46. The van der Waals surface area contributed by atoms with Gasteiger partial charge < -0.3 is 15.3 Å². The van der Waals surface area contributed by atoms with E-state index in [-0.39, 0.29) is 12.0 Å². The van der Waals surface area contributed by atoms with Gasteiger partial charge in [-0.3, -0.25) is 9.59 Å². The average Bonchev–Trinajstić information content (AvgIpc) is 2.89. The van der Waals surface area contributed by atoms with Crippen LogP contribution in [0.4, 0.5) is 11.4 Å². The van der Waals surface area contributed by atoms with E-state index in [2.05, 4.69) is 18.8 Å². The Balaban J connectivity index is 1.79. The minimum atomic E-state index is -1.77. The first-order chi connectivity index (χ1) is 13.4. The van der Waals surface area contributed by atoms with Gasteiger partial charge in [-0.05, 0) is 31.5 Å². The highest BCUT2D eigenvalue weighted by atomic mass is 16.3. The van der Waals surface area contributed by atoms with Crippen LogP contribution in [0.25, 0.3) is 0 Å². The first-order valence-electron chi connectivity index (χ1n) is 9.56. The number of rotatable bonds is 7. The molecular formula is C23H26N2O3. The fourth-order valence-corrected chi connectivity index (χ4v) is 3.46. The summed E-state index contributed by atoms with van der Waals surface area (Å²) in [7, 11) is 0. The Morgan fingerprint density at radius 3 is 2.54 bits per heavy atom. The molecule has 0 unspecified atom stereocenters. The molecule has 1 aliphatic rings. The van der Waals surface area contributed by atoms with Crippen molar-refractivity contribution in [2.75, 3.05) is 16.8 Å². The summed E-state index contributed by atoms with van der Waals surface area (Å²) in [4.78, 5) is 27.2. The van der Waals surface area contributed by atoms with Crippen molar-refractivity contribution in [1.82, 2.24) is 0 Å². The SMILES string of the molecule is C=C(C[C@@]1(O)C(=O)N(CCCC)c2ccccc21)C(=O)Nc1ccc(C)cc1. The van der Waals surface area contributed by atoms with Gasteiger partial charge in [0.25, 0.3) is 11.8 Å². The molecule has 0 saturated heterocycles. The molecule has 0 aromatic heterocycles. The van der Waals surface area contributed by atoms with Crippen molar-refractivity contribution in [3.63, 3.8) is 0 Å². The Kier molecular flexibility index (Phi) is 5.66. The van der Waals surface area contributed by atoms with E-state index in [1.54, 1.807) is 29.2 Å². The molecule has 3 rings (SSSR count). The Morgan fingerprint density at radius 2 is 1.86 bits per heavy atom.